The molecule has 390 valence electrons. The van der Waals surface area contributed by atoms with Gasteiger partial charge in [0.05, 0.1) is 25.2 Å². The van der Waals surface area contributed by atoms with Gasteiger partial charge in [0, 0.05) is 25.6 Å². The summed E-state index contributed by atoms with van der Waals surface area (Å²) in [5.41, 5.74) is 22.1. The van der Waals surface area contributed by atoms with Gasteiger partial charge in [-0.05, 0) is 115 Å². The zero-order chi connectivity index (χ0) is 50.9. The maximum Gasteiger partial charge on any atom is 0.245 e. The lowest BCUT2D eigenvalue weighted by Gasteiger charge is -2.29. The average Bonchev–Trinajstić information content (AvgIpc) is 3.83. The zero-order valence-corrected chi connectivity index (χ0v) is 41.3. The molecule has 21 nitrogen and oxygen atoms in total. The summed E-state index contributed by atoms with van der Waals surface area (Å²) in [6, 6.07) is -6.85. The summed E-state index contributed by atoms with van der Waals surface area (Å²) in [4.78, 5) is 96.8. The monoisotopic (exact) mass is 965 g/mol. The van der Waals surface area contributed by atoms with Gasteiger partial charge in [-0.15, -0.1) is 0 Å². The van der Waals surface area contributed by atoms with Crippen LogP contribution in [0.3, 0.4) is 0 Å². The maximum atomic E-state index is 14.1. The fourth-order valence-corrected chi connectivity index (χ4v) is 7.66. The Morgan fingerprint density at radius 3 is 2.00 bits per heavy atom. The van der Waals surface area contributed by atoms with Crippen LogP contribution in [-0.4, -0.2) is 133 Å². The first-order valence-electron chi connectivity index (χ1n) is 24.9. The lowest BCUT2D eigenvalue weighted by atomic mass is 9.97. The number of primary amides is 1. The highest BCUT2D eigenvalue weighted by atomic mass is 16.3. The number of aliphatic hydroxyl groups is 2. The van der Waals surface area contributed by atoms with Crippen molar-refractivity contribution < 1.29 is 43.8 Å². The Hall–Kier alpha value is -4.86. The van der Waals surface area contributed by atoms with Crippen molar-refractivity contribution in [2.45, 2.75) is 192 Å². The molecule has 0 aromatic heterocycles. The number of carbonyl (C=O) groups excluding carboxylic acids is 7. The molecule has 7 amide bonds. The summed E-state index contributed by atoms with van der Waals surface area (Å²) in [5, 5.41) is 40.8. The highest BCUT2D eigenvalue weighted by Gasteiger charge is 2.36. The molecule has 0 spiro atoms. The van der Waals surface area contributed by atoms with E-state index in [4.69, 9.17) is 22.9 Å². The molecule has 0 aliphatic carbocycles. The van der Waals surface area contributed by atoms with E-state index in [-0.39, 0.29) is 50.5 Å². The van der Waals surface area contributed by atoms with Crippen molar-refractivity contribution in [1.82, 2.24) is 37.2 Å². The van der Waals surface area contributed by atoms with E-state index in [2.05, 4.69) is 68.2 Å². The standard InChI is InChI=1S/C47H88N12O9/c1-31(2)18-12-10-8-6-5-7-9-11-13-21-40(63)56-36(29-39(49)62)44(66)55-33(19-16-27-54-47(50)51)22-23-38(61)41(59-45(67)37(30-60)58-43(65)34-20-17-26-52-34)46(68)57-35(28-32(3)4)42(64)53-25-15-14-24-48/h5-6,31-38,41,52,60-61H,7-30,48H2,1-4H3,(H2,49,62)(H,53,64)(H,55,66)(H,56,63)(H,57,68)(H,58,65)(H,59,67)(H4,50,51,54)/b6-5-/t33-,34-,35+,36-,37+,38+,41+/m1/s1. The Labute approximate surface area is 404 Å². The SMILES string of the molecule is CC(C)CCCC/C=C\CCCCCC(=O)N[C@H](CC(N)=O)C(=O)N[C@H](CCCN=C(N)N)CC[C@H](O)[C@H](NC(=O)[C@H](CO)NC(=O)[C@H]1CCCN1)C(=O)N[C@@H](CC(C)C)C(=O)NCCCCN. The van der Waals surface area contributed by atoms with Gasteiger partial charge >= 0.3 is 0 Å². The Morgan fingerprint density at radius 1 is 0.706 bits per heavy atom. The van der Waals surface area contributed by atoms with Gasteiger partial charge in [0.1, 0.15) is 24.2 Å². The summed E-state index contributed by atoms with van der Waals surface area (Å²) in [6.45, 7) is 8.90. The number of nitrogens with zero attached hydrogens (tertiary/aromatic N) is 1. The third kappa shape index (κ3) is 28.5. The number of hydrogen-bond acceptors (Lipinski definition) is 12. The first kappa shape index (κ1) is 61.2. The molecule has 0 aromatic carbocycles. The number of amides is 7. The highest BCUT2D eigenvalue weighted by Crippen LogP contribution is 2.15. The van der Waals surface area contributed by atoms with Crippen LogP contribution in [0.2, 0.25) is 0 Å². The van der Waals surface area contributed by atoms with E-state index in [1.807, 2.05) is 13.8 Å². The van der Waals surface area contributed by atoms with Gasteiger partial charge in [0.2, 0.25) is 41.4 Å². The number of nitrogens with one attached hydrogen (secondary N) is 7. The second-order valence-corrected chi connectivity index (χ2v) is 18.7. The van der Waals surface area contributed by atoms with Gasteiger partial charge in [0.25, 0.3) is 0 Å². The zero-order valence-electron chi connectivity index (χ0n) is 41.3. The van der Waals surface area contributed by atoms with Crippen molar-refractivity contribution in [2.75, 3.05) is 32.8 Å². The number of unbranched alkanes of at least 4 members (excludes halogenated alkanes) is 6. The third-order valence-corrected chi connectivity index (χ3v) is 11.5. The van der Waals surface area contributed by atoms with E-state index >= 15 is 0 Å². The molecule has 1 rings (SSSR count). The molecule has 0 saturated carbocycles. The first-order valence-corrected chi connectivity index (χ1v) is 24.9. The van der Waals surface area contributed by atoms with Gasteiger partial charge in [-0.1, -0.05) is 59.1 Å². The lowest BCUT2D eigenvalue weighted by molar-refractivity contribution is -0.137. The fourth-order valence-electron chi connectivity index (χ4n) is 7.66. The van der Waals surface area contributed by atoms with Crippen molar-refractivity contribution in [3.8, 4) is 0 Å². The molecule has 1 saturated heterocycles. The topological polar surface area (TPSA) is 361 Å². The van der Waals surface area contributed by atoms with Crippen LogP contribution in [0.5, 0.6) is 0 Å². The van der Waals surface area contributed by atoms with E-state index in [9.17, 15) is 43.8 Å². The minimum absolute atomic E-state index is 0.00255. The van der Waals surface area contributed by atoms with Crippen molar-refractivity contribution in [3.63, 3.8) is 0 Å². The first-order chi connectivity index (χ1) is 32.4. The Balaban J connectivity index is 3.22. The Morgan fingerprint density at radius 2 is 1.40 bits per heavy atom. The van der Waals surface area contributed by atoms with Crippen LogP contribution in [-0.2, 0) is 33.6 Å². The molecule has 1 heterocycles. The number of aliphatic hydroxyl groups excluding tert-OH is 2. The van der Waals surface area contributed by atoms with E-state index in [0.717, 1.165) is 32.1 Å². The lowest BCUT2D eigenvalue weighted by Crippen LogP contribution is -2.61. The Kier molecular flexibility index (Phi) is 32.5. The molecule has 68 heavy (non-hydrogen) atoms. The highest BCUT2D eigenvalue weighted by molar-refractivity contribution is 5.95. The molecule has 1 aliphatic rings. The van der Waals surface area contributed by atoms with E-state index in [0.29, 0.717) is 57.7 Å². The predicted molar refractivity (Wildman–Crippen MR) is 263 cm³/mol. The number of rotatable bonds is 38. The second-order valence-electron chi connectivity index (χ2n) is 18.7. The van der Waals surface area contributed by atoms with E-state index in [1.54, 1.807) is 0 Å². The molecule has 1 aliphatic heterocycles. The van der Waals surface area contributed by atoms with Crippen LogP contribution in [0, 0.1) is 11.8 Å². The van der Waals surface area contributed by atoms with Crippen LogP contribution < -0.4 is 60.2 Å². The summed E-state index contributed by atoms with van der Waals surface area (Å²) >= 11 is 0. The van der Waals surface area contributed by atoms with Gasteiger partial charge in [-0.25, -0.2) is 0 Å². The predicted octanol–water partition coefficient (Wildman–Crippen LogP) is -0.151. The van der Waals surface area contributed by atoms with Gasteiger partial charge in [-0.2, -0.15) is 0 Å². The van der Waals surface area contributed by atoms with Crippen LogP contribution in [0.25, 0.3) is 0 Å². The summed E-state index contributed by atoms with van der Waals surface area (Å²) < 4.78 is 0. The molecular weight excluding hydrogens is 877 g/mol. The van der Waals surface area contributed by atoms with Crippen molar-refractivity contribution in [3.05, 3.63) is 12.2 Å². The number of nitrogens with two attached hydrogens (primary N) is 4. The van der Waals surface area contributed by atoms with Gasteiger partial charge in [-0.3, -0.25) is 38.6 Å². The van der Waals surface area contributed by atoms with Crippen molar-refractivity contribution in [2.24, 2.45) is 39.8 Å². The molecular formula is C47H88N12O9. The molecule has 0 bridgehead atoms. The number of allylic oxidation sites excluding steroid dienone is 2. The third-order valence-electron chi connectivity index (χ3n) is 11.5. The molecule has 7 atom stereocenters. The smallest absolute Gasteiger partial charge is 0.245 e. The Bertz CT molecular complexity index is 1570. The normalized spacial score (nSPS) is 16.3. The molecule has 21 heteroatoms. The minimum atomic E-state index is -1.70. The quantitative estimate of drug-likeness (QED) is 0.0166. The minimum Gasteiger partial charge on any atom is -0.394 e. The molecule has 1 fully saturated rings. The van der Waals surface area contributed by atoms with Crippen LogP contribution in [0.1, 0.15) is 150 Å². The van der Waals surface area contributed by atoms with E-state index < -0.39 is 96.7 Å². The maximum absolute atomic E-state index is 14.1. The van der Waals surface area contributed by atoms with Crippen LogP contribution >= 0.6 is 0 Å². The van der Waals surface area contributed by atoms with Gasteiger partial charge in [0.15, 0.2) is 5.96 Å². The van der Waals surface area contributed by atoms with Crippen molar-refractivity contribution in [1.29, 1.82) is 0 Å². The second kappa shape index (κ2) is 36.2. The van der Waals surface area contributed by atoms with E-state index in [1.165, 1.54) is 19.3 Å². The number of hydrogen-bond donors (Lipinski definition) is 13. The fraction of sp³-hybridized carbons (Fsp3) is 0.787. The molecule has 0 unspecified atom stereocenters. The summed E-state index contributed by atoms with van der Waals surface area (Å²) in [5.74, 6) is -4.29. The summed E-state index contributed by atoms with van der Waals surface area (Å²) in [6.07, 6.45) is 13.4. The molecule has 0 radical (unpaired) electrons. The van der Waals surface area contributed by atoms with Crippen molar-refractivity contribution >= 4 is 47.3 Å². The molecule has 0 aromatic rings. The number of aliphatic imine (C=N–C) groups is 1. The molecule has 17 N–H and O–H groups in total. The number of guanidine groups is 1. The summed E-state index contributed by atoms with van der Waals surface area (Å²) in [7, 11) is 0. The van der Waals surface area contributed by atoms with Gasteiger partial charge < -0.3 is 70.4 Å². The largest absolute Gasteiger partial charge is 0.394 e. The average molecular weight is 965 g/mol. The van der Waals surface area contributed by atoms with Crippen LogP contribution in [0.4, 0.5) is 0 Å². The number of carbonyl (C=O) groups is 7. The van der Waals surface area contributed by atoms with Crippen LogP contribution in [0.15, 0.2) is 17.1 Å².